The van der Waals surface area contributed by atoms with E-state index in [1.165, 1.54) is 19.2 Å². The van der Waals surface area contributed by atoms with Crippen LogP contribution in [-0.2, 0) is 0 Å². The van der Waals surface area contributed by atoms with Gasteiger partial charge in [-0.1, -0.05) is 24.6 Å². The highest BCUT2D eigenvalue weighted by atomic mass is 19.1. The number of benzene rings is 2. The fourth-order valence-electron chi connectivity index (χ4n) is 3.10. The zero-order valence-corrected chi connectivity index (χ0v) is 15.0. The molecule has 0 radical (unpaired) electrons. The van der Waals surface area contributed by atoms with Gasteiger partial charge in [-0.3, -0.25) is 9.79 Å². The summed E-state index contributed by atoms with van der Waals surface area (Å²) in [7, 11) is 1.47. The van der Waals surface area contributed by atoms with E-state index < -0.39 is 5.82 Å². The Morgan fingerprint density at radius 1 is 1.15 bits per heavy atom. The number of methoxy groups -OCH3 is 1. The van der Waals surface area contributed by atoms with E-state index in [1.807, 2.05) is 35.2 Å². The van der Waals surface area contributed by atoms with Crippen molar-refractivity contribution in [1.29, 1.82) is 0 Å². The Balaban J connectivity index is 1.88. The summed E-state index contributed by atoms with van der Waals surface area (Å²) in [5.41, 5.74) is 0.969. The minimum Gasteiger partial charge on any atom is -0.497 e. The Morgan fingerprint density at radius 3 is 2.69 bits per heavy atom. The number of aliphatic imine (C=N–C) groups is 1. The van der Waals surface area contributed by atoms with Gasteiger partial charge in [-0.05, 0) is 37.1 Å². The highest BCUT2D eigenvalue weighted by Gasteiger charge is 2.21. The normalized spacial score (nSPS) is 14.3. The van der Waals surface area contributed by atoms with Gasteiger partial charge in [0.2, 0.25) is 0 Å². The molecule has 1 heterocycles. The molecule has 5 heteroatoms. The maximum absolute atomic E-state index is 14.3. The third-order valence-corrected chi connectivity index (χ3v) is 4.51. The standard InChI is InChI=1S/C21H23FN2O2/c1-26-17-11-12-18(19(22)14-17)20(25)15-24(16-8-4-2-5-9-16)21-10-6-3-7-13-23-21/h2,4-5,8-9,11-12,14H,3,6-7,10,13,15H2,1H3. The minimum absolute atomic E-state index is 0.0616. The number of rotatable bonds is 5. The molecule has 0 aliphatic carbocycles. The maximum atomic E-state index is 14.3. The largest absolute Gasteiger partial charge is 0.497 e. The van der Waals surface area contributed by atoms with E-state index in [4.69, 9.17) is 4.74 Å². The molecule has 0 fully saturated rings. The van der Waals surface area contributed by atoms with Gasteiger partial charge in [-0.15, -0.1) is 0 Å². The second kappa shape index (κ2) is 8.61. The SMILES string of the molecule is COc1ccc(C(=O)CN(C2=NCCCCC2)c2ccccc2)c(F)c1. The van der Waals surface area contributed by atoms with Crippen molar-refractivity contribution in [3.05, 3.63) is 59.9 Å². The Morgan fingerprint density at radius 2 is 1.96 bits per heavy atom. The number of hydrogen-bond acceptors (Lipinski definition) is 4. The molecule has 0 saturated heterocycles. The molecular weight excluding hydrogens is 331 g/mol. The number of hydrogen-bond donors (Lipinski definition) is 0. The molecule has 2 aromatic carbocycles. The average molecular weight is 354 g/mol. The second-order valence-electron chi connectivity index (χ2n) is 6.30. The molecule has 2 aromatic rings. The molecular formula is C21H23FN2O2. The van der Waals surface area contributed by atoms with Crippen LogP contribution in [0.5, 0.6) is 5.75 Å². The van der Waals surface area contributed by atoms with Gasteiger partial charge in [0.05, 0.1) is 19.2 Å². The summed E-state index contributed by atoms with van der Waals surface area (Å²) in [5.74, 6) is 0.453. The quantitative estimate of drug-likeness (QED) is 0.743. The molecule has 136 valence electrons. The van der Waals surface area contributed by atoms with Crippen molar-refractivity contribution in [3.63, 3.8) is 0 Å². The van der Waals surface area contributed by atoms with E-state index in [0.29, 0.717) is 5.75 Å². The molecule has 0 N–H and O–H groups in total. The van der Waals surface area contributed by atoms with Crippen LogP contribution in [0.2, 0.25) is 0 Å². The van der Waals surface area contributed by atoms with Crippen molar-refractivity contribution in [2.45, 2.75) is 25.7 Å². The van der Waals surface area contributed by atoms with Crippen molar-refractivity contribution in [2.75, 3.05) is 25.1 Å². The van der Waals surface area contributed by atoms with Crippen LogP contribution in [0.15, 0.2) is 53.5 Å². The fraction of sp³-hybridized carbons (Fsp3) is 0.333. The first-order chi connectivity index (χ1) is 12.7. The van der Waals surface area contributed by atoms with Crippen LogP contribution in [0.3, 0.4) is 0 Å². The number of halogens is 1. The summed E-state index contributed by atoms with van der Waals surface area (Å²) in [5, 5.41) is 0. The van der Waals surface area contributed by atoms with Crippen molar-refractivity contribution in [3.8, 4) is 5.75 Å². The Bertz CT molecular complexity index is 790. The predicted molar refractivity (Wildman–Crippen MR) is 102 cm³/mol. The lowest BCUT2D eigenvalue weighted by atomic mass is 10.1. The molecule has 0 aromatic heterocycles. The fourth-order valence-corrected chi connectivity index (χ4v) is 3.10. The molecule has 0 saturated carbocycles. The van der Waals surface area contributed by atoms with Gasteiger partial charge in [0.25, 0.3) is 0 Å². The van der Waals surface area contributed by atoms with Gasteiger partial charge in [-0.25, -0.2) is 4.39 Å². The molecule has 26 heavy (non-hydrogen) atoms. The second-order valence-corrected chi connectivity index (χ2v) is 6.30. The minimum atomic E-state index is -0.565. The Kier molecular flexibility index (Phi) is 6.00. The zero-order chi connectivity index (χ0) is 18.4. The third-order valence-electron chi connectivity index (χ3n) is 4.51. The first kappa shape index (κ1) is 18.1. The number of ether oxygens (including phenoxy) is 1. The van der Waals surface area contributed by atoms with Crippen LogP contribution < -0.4 is 9.64 Å². The molecule has 3 rings (SSSR count). The number of nitrogens with zero attached hydrogens (tertiary/aromatic N) is 2. The monoisotopic (exact) mass is 354 g/mol. The molecule has 0 unspecified atom stereocenters. The molecule has 1 aliphatic rings. The zero-order valence-electron chi connectivity index (χ0n) is 15.0. The van der Waals surface area contributed by atoms with Gasteiger partial charge >= 0.3 is 0 Å². The number of anilines is 1. The summed E-state index contributed by atoms with van der Waals surface area (Å²) in [6.45, 7) is 0.829. The van der Waals surface area contributed by atoms with Crippen LogP contribution in [0, 0.1) is 5.82 Å². The van der Waals surface area contributed by atoms with Crippen LogP contribution >= 0.6 is 0 Å². The van der Waals surface area contributed by atoms with E-state index in [-0.39, 0.29) is 17.9 Å². The molecule has 1 aliphatic heterocycles. The smallest absolute Gasteiger partial charge is 0.185 e. The molecule has 4 nitrogen and oxygen atoms in total. The van der Waals surface area contributed by atoms with Crippen LogP contribution in [0.4, 0.5) is 10.1 Å². The summed E-state index contributed by atoms with van der Waals surface area (Å²) < 4.78 is 19.3. The summed E-state index contributed by atoms with van der Waals surface area (Å²) in [4.78, 5) is 19.4. The van der Waals surface area contributed by atoms with Crippen molar-refractivity contribution >= 4 is 17.3 Å². The molecule has 0 atom stereocenters. The highest BCUT2D eigenvalue weighted by molar-refractivity contribution is 6.07. The molecule has 0 amide bonds. The van der Waals surface area contributed by atoms with Gasteiger partial charge in [0.15, 0.2) is 5.78 Å². The summed E-state index contributed by atoms with van der Waals surface area (Å²) >= 11 is 0. The lowest BCUT2D eigenvalue weighted by Gasteiger charge is -2.25. The van der Waals surface area contributed by atoms with E-state index in [2.05, 4.69) is 4.99 Å². The van der Waals surface area contributed by atoms with Crippen LogP contribution in [0.25, 0.3) is 0 Å². The Labute approximate surface area is 153 Å². The van der Waals surface area contributed by atoms with E-state index in [0.717, 1.165) is 43.8 Å². The van der Waals surface area contributed by atoms with E-state index in [9.17, 15) is 9.18 Å². The number of carbonyl (C=O) groups is 1. The van der Waals surface area contributed by atoms with E-state index >= 15 is 0 Å². The molecule has 0 spiro atoms. The molecule has 0 bridgehead atoms. The van der Waals surface area contributed by atoms with Gasteiger partial charge < -0.3 is 9.64 Å². The summed E-state index contributed by atoms with van der Waals surface area (Å²) in [6, 6.07) is 14.0. The first-order valence-corrected chi connectivity index (χ1v) is 8.91. The van der Waals surface area contributed by atoms with Crippen molar-refractivity contribution in [1.82, 2.24) is 0 Å². The number of Topliss-reactive ketones (excluding diaryl/α,β-unsaturated/α-hetero) is 1. The first-order valence-electron chi connectivity index (χ1n) is 8.91. The maximum Gasteiger partial charge on any atom is 0.185 e. The third kappa shape index (κ3) is 4.28. The topological polar surface area (TPSA) is 41.9 Å². The number of para-hydroxylation sites is 1. The lowest BCUT2D eigenvalue weighted by Crippen LogP contribution is -2.36. The number of amidine groups is 1. The van der Waals surface area contributed by atoms with Crippen molar-refractivity contribution < 1.29 is 13.9 Å². The Hall–Kier alpha value is -2.69. The number of carbonyl (C=O) groups excluding carboxylic acids is 1. The summed E-state index contributed by atoms with van der Waals surface area (Å²) in [6.07, 6.45) is 4.07. The predicted octanol–water partition coefficient (Wildman–Crippen LogP) is 4.50. The van der Waals surface area contributed by atoms with E-state index in [1.54, 1.807) is 6.07 Å². The highest BCUT2D eigenvalue weighted by Crippen LogP contribution is 2.21. The van der Waals surface area contributed by atoms with Crippen LogP contribution in [0.1, 0.15) is 36.0 Å². The van der Waals surface area contributed by atoms with Gasteiger partial charge in [0.1, 0.15) is 17.4 Å². The number of ketones is 1. The van der Waals surface area contributed by atoms with Crippen molar-refractivity contribution in [2.24, 2.45) is 4.99 Å². The average Bonchev–Trinajstić information content (AvgIpc) is 2.95. The van der Waals surface area contributed by atoms with Crippen LogP contribution in [-0.4, -0.2) is 31.8 Å². The van der Waals surface area contributed by atoms with Gasteiger partial charge in [-0.2, -0.15) is 0 Å². The van der Waals surface area contributed by atoms with Gasteiger partial charge in [0, 0.05) is 24.7 Å². The lowest BCUT2D eigenvalue weighted by molar-refractivity contribution is 0.0998.